The Kier molecular flexibility index (Phi) is 8.02. The molecule has 7 nitrogen and oxygen atoms in total. The van der Waals surface area contributed by atoms with Crippen LogP contribution in [0.3, 0.4) is 0 Å². The van der Waals surface area contributed by atoms with Crippen LogP contribution < -0.4 is 10.2 Å². The van der Waals surface area contributed by atoms with Gasteiger partial charge < -0.3 is 14.7 Å². The highest BCUT2D eigenvalue weighted by Crippen LogP contribution is 2.25. The van der Waals surface area contributed by atoms with Crippen molar-refractivity contribution in [1.29, 1.82) is 0 Å². The molecule has 190 valence electrons. The number of nitrogens with one attached hydrogen (secondary N) is 1. The average molecular weight is 553 g/mol. The Morgan fingerprint density at radius 1 is 1.06 bits per heavy atom. The van der Waals surface area contributed by atoms with E-state index in [-0.39, 0.29) is 17.9 Å². The first-order chi connectivity index (χ1) is 17.5. The number of halogens is 1. The summed E-state index contributed by atoms with van der Waals surface area (Å²) in [5.41, 5.74) is 3.34. The Bertz CT molecular complexity index is 1140. The molecule has 0 spiro atoms. The molecular weight excluding hydrogens is 518 g/mol. The molecule has 2 atom stereocenters. The largest absolute Gasteiger partial charge is 0.372 e. The highest BCUT2D eigenvalue weighted by Gasteiger charge is 2.28. The molecule has 5 rings (SSSR count). The van der Waals surface area contributed by atoms with Crippen LogP contribution in [0.25, 0.3) is 11.4 Å². The predicted molar refractivity (Wildman–Crippen MR) is 144 cm³/mol. The third-order valence-corrected chi connectivity index (χ3v) is 7.81. The number of hydrogen-bond acceptors (Lipinski definition) is 6. The molecule has 2 fully saturated rings. The van der Waals surface area contributed by atoms with Crippen LogP contribution in [0.1, 0.15) is 56.5 Å². The predicted octanol–water partition coefficient (Wildman–Crippen LogP) is 5.58. The van der Waals surface area contributed by atoms with Crippen molar-refractivity contribution in [3.8, 4) is 11.4 Å². The second-order valence-electron chi connectivity index (χ2n) is 9.96. The summed E-state index contributed by atoms with van der Waals surface area (Å²) in [6, 6.07) is 16.5. The molecule has 1 aromatic heterocycles. The minimum absolute atomic E-state index is 0.0207. The maximum atomic E-state index is 13.1. The minimum atomic E-state index is -0.0392. The van der Waals surface area contributed by atoms with Gasteiger partial charge in [-0.3, -0.25) is 9.69 Å². The molecule has 3 heterocycles. The number of likely N-dealkylation sites (tertiary alicyclic amines) is 1. The van der Waals surface area contributed by atoms with Crippen molar-refractivity contribution in [2.75, 3.05) is 31.1 Å². The van der Waals surface area contributed by atoms with Crippen LogP contribution in [0.2, 0.25) is 0 Å². The van der Waals surface area contributed by atoms with Gasteiger partial charge in [-0.15, -0.1) is 0 Å². The van der Waals surface area contributed by atoms with Crippen LogP contribution in [0.5, 0.6) is 0 Å². The first-order valence-electron chi connectivity index (χ1n) is 13.0. The second kappa shape index (κ2) is 11.6. The first kappa shape index (κ1) is 25.0. The van der Waals surface area contributed by atoms with Crippen molar-refractivity contribution in [2.45, 2.75) is 51.6 Å². The SMILES string of the molecule is CC(NC(=O)C1CCCN(Cc2nc(-c3ccc(Br)cc3)no2)C1)c1ccc(N2CCCCC2)cc1. The summed E-state index contributed by atoms with van der Waals surface area (Å²) in [6.45, 7) is 6.52. The monoisotopic (exact) mass is 551 g/mol. The van der Waals surface area contributed by atoms with Crippen LogP contribution in [-0.2, 0) is 11.3 Å². The molecular formula is C28H34BrN5O2. The van der Waals surface area contributed by atoms with E-state index >= 15 is 0 Å². The van der Waals surface area contributed by atoms with Gasteiger partial charge in [-0.05, 0) is 87.5 Å². The number of piperidine rings is 2. The van der Waals surface area contributed by atoms with Crippen molar-refractivity contribution in [3.05, 3.63) is 64.5 Å². The quantitative estimate of drug-likeness (QED) is 0.413. The van der Waals surface area contributed by atoms with Crippen molar-refractivity contribution in [3.63, 3.8) is 0 Å². The molecule has 36 heavy (non-hydrogen) atoms. The van der Waals surface area contributed by atoms with Crippen molar-refractivity contribution >= 4 is 27.5 Å². The number of benzene rings is 2. The van der Waals surface area contributed by atoms with Crippen molar-refractivity contribution in [1.82, 2.24) is 20.4 Å². The molecule has 0 saturated carbocycles. The summed E-state index contributed by atoms with van der Waals surface area (Å²) in [5.74, 6) is 1.25. The van der Waals surface area contributed by atoms with Crippen LogP contribution in [0, 0.1) is 5.92 Å². The number of nitrogens with zero attached hydrogens (tertiary/aromatic N) is 4. The summed E-state index contributed by atoms with van der Waals surface area (Å²) in [5, 5.41) is 7.38. The maximum Gasteiger partial charge on any atom is 0.241 e. The second-order valence-corrected chi connectivity index (χ2v) is 10.9. The van der Waals surface area contributed by atoms with Gasteiger partial charge in [0.05, 0.1) is 18.5 Å². The van der Waals surface area contributed by atoms with Gasteiger partial charge in [0.1, 0.15) is 0 Å². The van der Waals surface area contributed by atoms with E-state index in [9.17, 15) is 4.79 Å². The van der Waals surface area contributed by atoms with Crippen LogP contribution in [-0.4, -0.2) is 47.1 Å². The van der Waals surface area contributed by atoms with Crippen LogP contribution >= 0.6 is 15.9 Å². The molecule has 1 amide bonds. The molecule has 3 aromatic rings. The van der Waals surface area contributed by atoms with E-state index in [4.69, 9.17) is 4.52 Å². The van der Waals surface area contributed by atoms with Gasteiger partial charge in [-0.1, -0.05) is 33.2 Å². The summed E-state index contributed by atoms with van der Waals surface area (Å²) >= 11 is 3.45. The standard InChI is InChI=1S/C28H34BrN5O2/c1-20(21-9-13-25(14-10-21)34-16-3-2-4-17-34)30-28(35)23-6-5-15-33(18-23)19-26-31-27(32-36-26)22-7-11-24(29)12-8-22/h7-14,20,23H,2-6,15-19H2,1H3,(H,30,35). The molecule has 0 radical (unpaired) electrons. The number of hydrogen-bond donors (Lipinski definition) is 1. The lowest BCUT2D eigenvalue weighted by Gasteiger charge is -2.31. The number of anilines is 1. The van der Waals surface area contributed by atoms with Crippen LogP contribution in [0.15, 0.2) is 57.5 Å². The van der Waals surface area contributed by atoms with E-state index < -0.39 is 0 Å². The lowest BCUT2D eigenvalue weighted by Crippen LogP contribution is -2.43. The van der Waals surface area contributed by atoms with Gasteiger partial charge in [-0.25, -0.2) is 0 Å². The number of rotatable bonds is 7. The molecule has 2 saturated heterocycles. The summed E-state index contributed by atoms with van der Waals surface area (Å²) in [6.07, 6.45) is 5.75. The van der Waals surface area contributed by atoms with E-state index in [1.54, 1.807) is 0 Å². The third-order valence-electron chi connectivity index (χ3n) is 7.28. The highest BCUT2D eigenvalue weighted by atomic mass is 79.9. The zero-order valence-corrected chi connectivity index (χ0v) is 22.4. The minimum Gasteiger partial charge on any atom is -0.372 e. The maximum absolute atomic E-state index is 13.1. The Hall–Kier alpha value is -2.71. The smallest absolute Gasteiger partial charge is 0.241 e. The number of aromatic nitrogens is 2. The Balaban J connectivity index is 1.14. The molecule has 8 heteroatoms. The molecule has 1 N–H and O–H groups in total. The molecule has 2 aliphatic heterocycles. The highest BCUT2D eigenvalue weighted by molar-refractivity contribution is 9.10. The van der Waals surface area contributed by atoms with Gasteiger partial charge in [0.25, 0.3) is 0 Å². The fourth-order valence-corrected chi connectivity index (χ4v) is 5.44. The number of carbonyl (C=O) groups is 1. The zero-order valence-electron chi connectivity index (χ0n) is 20.8. The van der Waals surface area contributed by atoms with Gasteiger partial charge >= 0.3 is 0 Å². The Labute approximate surface area is 221 Å². The van der Waals surface area contributed by atoms with E-state index in [0.717, 1.165) is 48.1 Å². The van der Waals surface area contributed by atoms with Gasteiger partial charge in [0.15, 0.2) is 0 Å². The van der Waals surface area contributed by atoms with E-state index in [1.807, 2.05) is 24.3 Å². The lowest BCUT2D eigenvalue weighted by molar-refractivity contribution is -0.127. The van der Waals surface area contributed by atoms with Gasteiger partial charge in [0, 0.05) is 35.4 Å². The van der Waals surface area contributed by atoms with Gasteiger partial charge in [-0.2, -0.15) is 4.98 Å². The Morgan fingerprint density at radius 2 is 1.81 bits per heavy atom. The fourth-order valence-electron chi connectivity index (χ4n) is 5.18. The average Bonchev–Trinajstić information content (AvgIpc) is 3.38. The van der Waals surface area contributed by atoms with Gasteiger partial charge in [0.2, 0.25) is 17.6 Å². The topological polar surface area (TPSA) is 74.5 Å². The number of amides is 1. The third kappa shape index (κ3) is 6.16. The molecule has 0 bridgehead atoms. The molecule has 2 aromatic carbocycles. The van der Waals surface area contributed by atoms with E-state index in [2.05, 4.69) is 72.4 Å². The normalized spacial score (nSPS) is 19.7. The fraction of sp³-hybridized carbons (Fsp3) is 0.464. The first-order valence-corrected chi connectivity index (χ1v) is 13.8. The van der Waals surface area contributed by atoms with Crippen molar-refractivity contribution < 1.29 is 9.32 Å². The summed E-state index contributed by atoms with van der Waals surface area (Å²) in [7, 11) is 0. The van der Waals surface area contributed by atoms with Crippen molar-refractivity contribution in [2.24, 2.45) is 5.92 Å². The Morgan fingerprint density at radius 3 is 2.56 bits per heavy atom. The van der Waals surface area contributed by atoms with E-state index in [1.165, 1.54) is 24.9 Å². The zero-order chi connectivity index (χ0) is 24.9. The van der Waals surface area contributed by atoms with E-state index in [0.29, 0.717) is 24.8 Å². The molecule has 2 unspecified atom stereocenters. The summed E-state index contributed by atoms with van der Waals surface area (Å²) < 4.78 is 6.52. The molecule has 2 aliphatic rings. The summed E-state index contributed by atoms with van der Waals surface area (Å²) in [4.78, 5) is 22.4. The number of carbonyl (C=O) groups excluding carboxylic acids is 1. The molecule has 0 aliphatic carbocycles. The lowest BCUT2D eigenvalue weighted by atomic mass is 9.96. The van der Waals surface area contributed by atoms with Crippen LogP contribution in [0.4, 0.5) is 5.69 Å².